The Labute approximate surface area is 144 Å². The van der Waals surface area contributed by atoms with Crippen molar-refractivity contribution >= 4 is 40.9 Å². The molecule has 0 atom stereocenters. The fraction of sp³-hybridized carbons (Fsp3) is 0.188. The zero-order chi connectivity index (χ0) is 16.6. The molecule has 1 aromatic heterocycles. The van der Waals surface area contributed by atoms with Gasteiger partial charge in [-0.1, -0.05) is 41.4 Å². The van der Waals surface area contributed by atoms with Crippen LogP contribution in [0, 0.1) is 13.8 Å². The molecule has 2 aromatic rings. The Balaban J connectivity index is 1.90. The maximum atomic E-state index is 11.7. The van der Waals surface area contributed by atoms with Crippen molar-refractivity contribution in [2.75, 3.05) is 0 Å². The zero-order valence-electron chi connectivity index (χ0n) is 12.7. The monoisotopic (exact) mass is 346 g/mol. The molecule has 5 nitrogen and oxygen atoms in total. The van der Waals surface area contributed by atoms with Gasteiger partial charge in [-0.3, -0.25) is 10.1 Å². The fourth-order valence-corrected chi connectivity index (χ4v) is 2.82. The Hall–Kier alpha value is -2.18. The van der Waals surface area contributed by atoms with Crippen LogP contribution in [0.1, 0.15) is 22.4 Å². The molecule has 2 heterocycles. The molecule has 0 unspecified atom stereocenters. The van der Waals surface area contributed by atoms with Crippen molar-refractivity contribution < 1.29 is 4.79 Å². The summed E-state index contributed by atoms with van der Waals surface area (Å²) < 4.78 is 1.72. The number of thiocarbonyl (C=S) groups is 1. The van der Waals surface area contributed by atoms with Crippen LogP contribution < -0.4 is 10.6 Å². The van der Waals surface area contributed by atoms with Crippen LogP contribution in [0.4, 0.5) is 0 Å². The van der Waals surface area contributed by atoms with E-state index in [9.17, 15) is 4.79 Å². The van der Waals surface area contributed by atoms with Gasteiger partial charge in [-0.25, -0.2) is 4.68 Å². The van der Waals surface area contributed by atoms with Crippen LogP contribution in [0.3, 0.4) is 0 Å². The molecular weight excluding hydrogens is 332 g/mol. The average molecular weight is 347 g/mol. The van der Waals surface area contributed by atoms with Crippen molar-refractivity contribution in [3.05, 3.63) is 57.5 Å². The number of carbonyl (C=O) groups excluding carboxylic acids is 1. The predicted molar refractivity (Wildman–Crippen MR) is 94.1 cm³/mol. The molecule has 0 aliphatic carbocycles. The first-order valence-electron chi connectivity index (χ1n) is 7.06. The van der Waals surface area contributed by atoms with Gasteiger partial charge in [-0.15, -0.1) is 0 Å². The molecule has 1 aliphatic rings. The molecule has 23 heavy (non-hydrogen) atoms. The number of nitrogens with one attached hydrogen (secondary N) is 2. The van der Waals surface area contributed by atoms with Gasteiger partial charge in [-0.05, 0) is 37.7 Å². The van der Waals surface area contributed by atoms with Gasteiger partial charge in [0.15, 0.2) is 5.11 Å². The summed E-state index contributed by atoms with van der Waals surface area (Å²) in [6.45, 7) is 4.47. The smallest absolute Gasteiger partial charge is 0.273 e. The van der Waals surface area contributed by atoms with E-state index in [2.05, 4.69) is 27.9 Å². The number of rotatable bonds is 3. The van der Waals surface area contributed by atoms with Crippen molar-refractivity contribution in [2.45, 2.75) is 20.4 Å². The third kappa shape index (κ3) is 3.28. The van der Waals surface area contributed by atoms with Crippen molar-refractivity contribution in [1.82, 2.24) is 20.4 Å². The Bertz CT molecular complexity index is 823. The van der Waals surface area contributed by atoms with Gasteiger partial charge in [0.2, 0.25) is 0 Å². The molecule has 1 fully saturated rings. The highest BCUT2D eigenvalue weighted by Gasteiger charge is 2.22. The molecule has 118 valence electrons. The molecule has 0 bridgehead atoms. The molecule has 2 N–H and O–H groups in total. The number of amides is 1. The summed E-state index contributed by atoms with van der Waals surface area (Å²) in [6.07, 6.45) is 1.67. The minimum atomic E-state index is -0.267. The van der Waals surface area contributed by atoms with Crippen LogP contribution in [-0.4, -0.2) is 20.8 Å². The second kappa shape index (κ2) is 6.14. The van der Waals surface area contributed by atoms with Crippen LogP contribution in [-0.2, 0) is 11.3 Å². The first-order valence-corrected chi connectivity index (χ1v) is 7.85. The van der Waals surface area contributed by atoms with Crippen LogP contribution >= 0.6 is 23.8 Å². The topological polar surface area (TPSA) is 59.0 Å². The maximum absolute atomic E-state index is 11.7. The number of hydrogen-bond acceptors (Lipinski definition) is 3. The normalized spacial score (nSPS) is 15.9. The van der Waals surface area contributed by atoms with Crippen LogP contribution in [0.2, 0.25) is 5.15 Å². The molecule has 0 saturated carbocycles. The average Bonchev–Trinajstić information content (AvgIpc) is 2.95. The highest BCUT2D eigenvalue weighted by molar-refractivity contribution is 7.80. The Morgan fingerprint density at radius 2 is 1.96 bits per heavy atom. The van der Waals surface area contributed by atoms with E-state index in [0.29, 0.717) is 28.1 Å². The number of benzene rings is 1. The van der Waals surface area contributed by atoms with Gasteiger partial charge in [-0.2, -0.15) is 5.10 Å². The lowest BCUT2D eigenvalue weighted by atomic mass is 10.1. The second-order valence-corrected chi connectivity index (χ2v) is 6.17. The van der Waals surface area contributed by atoms with Crippen LogP contribution in [0.15, 0.2) is 30.0 Å². The highest BCUT2D eigenvalue weighted by Crippen LogP contribution is 2.24. The van der Waals surface area contributed by atoms with E-state index >= 15 is 0 Å². The SMILES string of the molecule is Cc1ccc(Cn2nc(C)c(/C=C3\NC(=S)NC3=O)c2Cl)cc1. The van der Waals surface area contributed by atoms with Crippen molar-refractivity contribution in [3.8, 4) is 0 Å². The molecule has 1 amide bonds. The summed E-state index contributed by atoms with van der Waals surface area (Å²) >= 11 is 11.4. The van der Waals surface area contributed by atoms with Gasteiger partial charge in [0.1, 0.15) is 10.9 Å². The second-order valence-electron chi connectivity index (χ2n) is 5.40. The molecule has 0 spiro atoms. The van der Waals surface area contributed by atoms with E-state index < -0.39 is 0 Å². The third-order valence-corrected chi connectivity index (χ3v) is 4.17. The summed E-state index contributed by atoms with van der Waals surface area (Å²) in [7, 11) is 0. The van der Waals surface area contributed by atoms with Crippen molar-refractivity contribution in [3.63, 3.8) is 0 Å². The van der Waals surface area contributed by atoms with Crippen LogP contribution in [0.25, 0.3) is 6.08 Å². The minimum absolute atomic E-state index is 0.267. The Morgan fingerprint density at radius 3 is 2.57 bits per heavy atom. The largest absolute Gasteiger partial charge is 0.328 e. The van der Waals surface area contributed by atoms with Crippen LogP contribution in [0.5, 0.6) is 0 Å². The molecule has 1 saturated heterocycles. The number of halogens is 1. The molecule has 1 aliphatic heterocycles. The first kappa shape index (κ1) is 15.7. The summed E-state index contributed by atoms with van der Waals surface area (Å²) in [6, 6.07) is 8.20. The molecule has 3 rings (SSSR count). The molecule has 0 radical (unpaired) electrons. The lowest BCUT2D eigenvalue weighted by molar-refractivity contribution is -0.115. The lowest BCUT2D eigenvalue weighted by Gasteiger charge is -2.04. The first-order chi connectivity index (χ1) is 10.9. The number of carbonyl (C=O) groups is 1. The van der Waals surface area contributed by atoms with Crippen molar-refractivity contribution in [1.29, 1.82) is 0 Å². The van der Waals surface area contributed by atoms with E-state index in [0.717, 1.165) is 11.3 Å². The summed E-state index contributed by atoms with van der Waals surface area (Å²) in [4.78, 5) is 11.7. The van der Waals surface area contributed by atoms with E-state index in [-0.39, 0.29) is 5.91 Å². The molecule has 1 aromatic carbocycles. The third-order valence-electron chi connectivity index (χ3n) is 3.57. The minimum Gasteiger partial charge on any atom is -0.328 e. The van der Waals surface area contributed by atoms with Gasteiger partial charge in [0, 0.05) is 5.56 Å². The van der Waals surface area contributed by atoms with Gasteiger partial charge >= 0.3 is 0 Å². The highest BCUT2D eigenvalue weighted by atomic mass is 35.5. The lowest BCUT2D eigenvalue weighted by Crippen LogP contribution is -2.21. The van der Waals surface area contributed by atoms with Gasteiger partial charge in [0.05, 0.1) is 12.2 Å². The van der Waals surface area contributed by atoms with E-state index in [1.54, 1.807) is 10.8 Å². The maximum Gasteiger partial charge on any atom is 0.273 e. The van der Waals surface area contributed by atoms with E-state index in [1.165, 1.54) is 5.56 Å². The van der Waals surface area contributed by atoms with Gasteiger partial charge < -0.3 is 5.32 Å². The standard InChI is InChI=1S/C16H15ClN4OS/c1-9-3-5-11(6-4-9)8-21-14(17)12(10(2)20-21)7-13-15(22)19-16(23)18-13/h3-7H,8H2,1-2H3,(H2,18,19,22,23)/b13-7-. The molecule has 7 heteroatoms. The van der Waals surface area contributed by atoms with Crippen molar-refractivity contribution in [2.24, 2.45) is 0 Å². The summed E-state index contributed by atoms with van der Waals surface area (Å²) in [5, 5.41) is 10.6. The van der Waals surface area contributed by atoms with E-state index in [4.69, 9.17) is 23.8 Å². The molecular formula is C16H15ClN4OS. The summed E-state index contributed by atoms with van der Waals surface area (Å²) in [5.74, 6) is -0.267. The van der Waals surface area contributed by atoms with E-state index in [1.807, 2.05) is 26.0 Å². The number of hydrogen-bond donors (Lipinski definition) is 2. The zero-order valence-corrected chi connectivity index (χ0v) is 14.3. The van der Waals surface area contributed by atoms with Gasteiger partial charge in [0.25, 0.3) is 5.91 Å². The number of aryl methyl sites for hydroxylation is 2. The Morgan fingerprint density at radius 1 is 1.26 bits per heavy atom. The Kier molecular flexibility index (Phi) is 4.19. The number of nitrogens with zero attached hydrogens (tertiary/aromatic N) is 2. The quantitative estimate of drug-likeness (QED) is 0.662. The number of aromatic nitrogens is 2. The summed E-state index contributed by atoms with van der Waals surface area (Å²) in [5.41, 5.74) is 4.14. The fourth-order valence-electron chi connectivity index (χ4n) is 2.33. The predicted octanol–water partition coefficient (Wildman–Crippen LogP) is 2.55.